The van der Waals surface area contributed by atoms with Gasteiger partial charge in [0.1, 0.15) is 0 Å². The zero-order valence-corrected chi connectivity index (χ0v) is 34.1. The fraction of sp³-hybridized carbons (Fsp3) is 0.0877. The number of hydrogen-bond acceptors (Lipinski definition) is 2. The number of benzene rings is 9. The van der Waals surface area contributed by atoms with Gasteiger partial charge in [0, 0.05) is 48.0 Å². The highest BCUT2D eigenvalue weighted by molar-refractivity contribution is 7.26. The third kappa shape index (κ3) is 5.66. The van der Waals surface area contributed by atoms with Crippen LogP contribution in [-0.2, 0) is 5.41 Å². The molecule has 9 aromatic carbocycles. The summed E-state index contributed by atoms with van der Waals surface area (Å²) >= 11 is 1.90. The third-order valence-corrected chi connectivity index (χ3v) is 14.2. The van der Waals surface area contributed by atoms with Gasteiger partial charge in [0.2, 0.25) is 0 Å². The van der Waals surface area contributed by atoms with Gasteiger partial charge in [-0.2, -0.15) is 0 Å². The van der Waals surface area contributed by atoms with Gasteiger partial charge in [-0.05, 0) is 116 Å². The maximum absolute atomic E-state index is 2.48. The molecule has 0 saturated carbocycles. The number of nitrogens with zero attached hydrogens (tertiary/aromatic N) is 1. The van der Waals surface area contributed by atoms with Gasteiger partial charge in [-0.3, -0.25) is 0 Å². The van der Waals surface area contributed by atoms with Crippen LogP contribution >= 0.6 is 11.3 Å². The highest BCUT2D eigenvalue weighted by Crippen LogP contribution is 2.54. The standard InChI is InChI=1S/C57H43NS/c1-3-57(4-2)53-23-12-10-19-48(53)49-34-33-43(37-54(49)57)58(41-29-25-39(26-30-41)45-18-9-8-17-44(45)38-15-6-5-7-16-38)42-31-27-40(28-32-42)46-21-14-22-51-47(46)35-36-52-50-20-11-13-24-55(50)59-56(51)52/h5-37H,3-4H2,1-2H3. The Balaban J connectivity index is 1.03. The molecule has 1 heterocycles. The summed E-state index contributed by atoms with van der Waals surface area (Å²) in [4.78, 5) is 2.44. The zero-order chi connectivity index (χ0) is 39.5. The molecule has 1 aliphatic rings. The van der Waals surface area contributed by atoms with Gasteiger partial charge < -0.3 is 4.90 Å². The smallest absolute Gasteiger partial charge is 0.0465 e. The second-order valence-electron chi connectivity index (χ2n) is 15.8. The fourth-order valence-corrected chi connectivity index (χ4v) is 11.2. The van der Waals surface area contributed by atoms with Crippen LogP contribution in [0.25, 0.3) is 75.5 Å². The zero-order valence-electron chi connectivity index (χ0n) is 33.3. The molecule has 0 spiro atoms. The second kappa shape index (κ2) is 14.3. The van der Waals surface area contributed by atoms with E-state index in [2.05, 4.69) is 219 Å². The van der Waals surface area contributed by atoms with E-state index in [0.29, 0.717) is 0 Å². The minimum absolute atomic E-state index is 0.0172. The molecule has 0 fully saturated rings. The molecule has 282 valence electrons. The first-order valence-electron chi connectivity index (χ1n) is 20.9. The van der Waals surface area contributed by atoms with Crippen LogP contribution in [0, 0.1) is 0 Å². The topological polar surface area (TPSA) is 3.24 Å². The van der Waals surface area contributed by atoms with Crippen LogP contribution in [0.4, 0.5) is 17.1 Å². The normalized spacial score (nSPS) is 12.8. The molecule has 11 rings (SSSR count). The summed E-state index contributed by atoms with van der Waals surface area (Å²) in [5.74, 6) is 0. The molecular weight excluding hydrogens is 731 g/mol. The van der Waals surface area contributed by atoms with Crippen molar-refractivity contribution in [3.8, 4) is 44.5 Å². The number of rotatable bonds is 8. The lowest BCUT2D eigenvalue weighted by Gasteiger charge is -2.32. The monoisotopic (exact) mass is 773 g/mol. The molecule has 0 saturated heterocycles. The Morgan fingerprint density at radius 3 is 1.59 bits per heavy atom. The van der Waals surface area contributed by atoms with E-state index in [9.17, 15) is 0 Å². The molecule has 10 aromatic rings. The van der Waals surface area contributed by atoms with E-state index in [1.54, 1.807) is 0 Å². The van der Waals surface area contributed by atoms with Crippen molar-refractivity contribution >= 4 is 59.3 Å². The van der Waals surface area contributed by atoms with Crippen molar-refractivity contribution in [3.05, 3.63) is 211 Å². The maximum Gasteiger partial charge on any atom is 0.0465 e. The van der Waals surface area contributed by atoms with E-state index in [0.717, 1.165) is 24.2 Å². The molecule has 0 N–H and O–H groups in total. The number of thiophene rings is 1. The summed E-state index contributed by atoms with van der Waals surface area (Å²) < 4.78 is 2.70. The van der Waals surface area contributed by atoms with E-state index in [4.69, 9.17) is 0 Å². The average molecular weight is 774 g/mol. The lowest BCUT2D eigenvalue weighted by Crippen LogP contribution is -2.23. The molecular formula is C57H43NS. The first-order chi connectivity index (χ1) is 29.1. The highest BCUT2D eigenvalue weighted by atomic mass is 32.1. The molecule has 0 amide bonds. The molecule has 0 bridgehead atoms. The van der Waals surface area contributed by atoms with Crippen molar-refractivity contribution in [1.29, 1.82) is 0 Å². The predicted octanol–water partition coefficient (Wildman–Crippen LogP) is 16.8. The van der Waals surface area contributed by atoms with E-state index in [-0.39, 0.29) is 5.41 Å². The summed E-state index contributed by atoms with van der Waals surface area (Å²) in [6.07, 6.45) is 2.11. The van der Waals surface area contributed by atoms with Gasteiger partial charge in [-0.15, -0.1) is 11.3 Å². The largest absolute Gasteiger partial charge is 0.310 e. The van der Waals surface area contributed by atoms with Gasteiger partial charge in [-0.1, -0.05) is 172 Å². The Hall–Kier alpha value is -6.74. The fourth-order valence-electron chi connectivity index (χ4n) is 10.0. The summed E-state index contributed by atoms with van der Waals surface area (Å²) in [6.45, 7) is 4.70. The van der Waals surface area contributed by atoms with Crippen LogP contribution in [0.2, 0.25) is 0 Å². The number of hydrogen-bond donors (Lipinski definition) is 0. The van der Waals surface area contributed by atoms with Gasteiger partial charge >= 0.3 is 0 Å². The van der Waals surface area contributed by atoms with Crippen LogP contribution < -0.4 is 4.90 Å². The molecule has 2 heteroatoms. The summed E-state index contributed by atoms with van der Waals surface area (Å²) in [6, 6.07) is 74.2. The Kier molecular flexibility index (Phi) is 8.57. The second-order valence-corrected chi connectivity index (χ2v) is 16.9. The van der Waals surface area contributed by atoms with E-state index in [1.165, 1.54) is 92.3 Å². The van der Waals surface area contributed by atoms with Crippen LogP contribution in [0.3, 0.4) is 0 Å². The molecule has 0 atom stereocenters. The molecule has 1 aliphatic carbocycles. The van der Waals surface area contributed by atoms with Crippen LogP contribution in [0.15, 0.2) is 200 Å². The van der Waals surface area contributed by atoms with Crippen LogP contribution in [0.1, 0.15) is 37.8 Å². The summed E-state index contributed by atoms with van der Waals surface area (Å²) in [5, 5.41) is 5.28. The van der Waals surface area contributed by atoms with Crippen molar-refractivity contribution in [2.75, 3.05) is 4.90 Å². The Morgan fingerprint density at radius 1 is 0.373 bits per heavy atom. The first kappa shape index (κ1) is 35.4. The molecule has 0 aliphatic heterocycles. The minimum atomic E-state index is -0.0172. The van der Waals surface area contributed by atoms with Crippen molar-refractivity contribution in [2.45, 2.75) is 32.1 Å². The molecule has 59 heavy (non-hydrogen) atoms. The van der Waals surface area contributed by atoms with Gasteiger partial charge in [-0.25, -0.2) is 0 Å². The molecule has 0 unspecified atom stereocenters. The predicted molar refractivity (Wildman–Crippen MR) is 255 cm³/mol. The highest BCUT2D eigenvalue weighted by Gasteiger charge is 2.40. The van der Waals surface area contributed by atoms with Crippen LogP contribution in [0.5, 0.6) is 0 Å². The molecule has 0 radical (unpaired) electrons. The lowest BCUT2D eigenvalue weighted by atomic mass is 9.74. The SMILES string of the molecule is CCC1(CC)c2ccccc2-c2ccc(N(c3ccc(-c4ccccc4-c4ccccc4)cc3)c3ccc(-c4cccc5c4ccc4c6ccccc6sc54)cc3)cc21. The van der Waals surface area contributed by atoms with E-state index in [1.807, 2.05) is 11.3 Å². The van der Waals surface area contributed by atoms with Crippen molar-refractivity contribution < 1.29 is 0 Å². The lowest BCUT2D eigenvalue weighted by molar-refractivity contribution is 0.490. The quantitative estimate of drug-likeness (QED) is 0.149. The summed E-state index contributed by atoms with van der Waals surface area (Å²) in [5.41, 5.74) is 16.4. The Morgan fingerprint density at radius 2 is 0.881 bits per heavy atom. The number of fused-ring (bicyclic) bond motifs is 8. The van der Waals surface area contributed by atoms with E-state index < -0.39 is 0 Å². The number of anilines is 3. The van der Waals surface area contributed by atoms with Gasteiger partial charge in [0.05, 0.1) is 0 Å². The molecule has 1 aromatic heterocycles. The minimum Gasteiger partial charge on any atom is -0.310 e. The third-order valence-electron chi connectivity index (χ3n) is 13.0. The van der Waals surface area contributed by atoms with Crippen LogP contribution in [-0.4, -0.2) is 0 Å². The van der Waals surface area contributed by atoms with Gasteiger partial charge in [0.25, 0.3) is 0 Å². The Bertz CT molecular complexity index is 3170. The Labute approximate surface area is 350 Å². The summed E-state index contributed by atoms with van der Waals surface area (Å²) in [7, 11) is 0. The first-order valence-corrected chi connectivity index (χ1v) is 21.7. The van der Waals surface area contributed by atoms with Crippen molar-refractivity contribution in [3.63, 3.8) is 0 Å². The molecule has 1 nitrogen and oxygen atoms in total. The van der Waals surface area contributed by atoms with Crippen molar-refractivity contribution in [1.82, 2.24) is 0 Å². The van der Waals surface area contributed by atoms with E-state index >= 15 is 0 Å². The average Bonchev–Trinajstić information content (AvgIpc) is 3.83. The van der Waals surface area contributed by atoms with Crippen molar-refractivity contribution in [2.24, 2.45) is 0 Å². The van der Waals surface area contributed by atoms with Gasteiger partial charge in [0.15, 0.2) is 0 Å². The maximum atomic E-state index is 2.48.